The van der Waals surface area contributed by atoms with Crippen molar-refractivity contribution in [3.05, 3.63) is 36.0 Å². The largest absolute Gasteiger partial charge is 0.347 e. The number of nitrogens with two attached hydrogens (primary N) is 1. The molecule has 2 rings (SSSR count). The maximum Gasteiger partial charge on any atom is 0.0483 e. The van der Waals surface area contributed by atoms with E-state index < -0.39 is 0 Å². The molecule has 2 aromatic rings. The second-order valence-corrected chi connectivity index (χ2v) is 6.04. The molecule has 0 radical (unpaired) electrons. The number of nitrogens with zero attached hydrogens (tertiary/aromatic N) is 1. The van der Waals surface area contributed by atoms with Crippen LogP contribution >= 0.6 is 0 Å². The molecule has 0 aliphatic rings. The molecule has 0 aliphatic carbocycles. The van der Waals surface area contributed by atoms with E-state index in [4.69, 9.17) is 5.73 Å². The molecule has 2 nitrogen and oxygen atoms in total. The maximum atomic E-state index is 5.85. The first-order valence-corrected chi connectivity index (χ1v) is 8.63. The molecule has 0 atom stereocenters. The molecule has 0 amide bonds. The normalized spacial score (nSPS) is 11.3. The van der Waals surface area contributed by atoms with Crippen molar-refractivity contribution in [3.8, 4) is 0 Å². The summed E-state index contributed by atoms with van der Waals surface area (Å²) in [6, 6.07) is 8.61. The van der Waals surface area contributed by atoms with Crippen molar-refractivity contribution in [2.45, 2.75) is 71.4 Å². The van der Waals surface area contributed by atoms with Crippen LogP contribution in [-0.4, -0.2) is 4.57 Å². The van der Waals surface area contributed by atoms with Crippen LogP contribution in [-0.2, 0) is 13.1 Å². The lowest BCUT2D eigenvalue weighted by atomic mass is 10.1. The summed E-state index contributed by atoms with van der Waals surface area (Å²) in [4.78, 5) is 0. The quantitative estimate of drug-likeness (QED) is 0.595. The predicted octanol–water partition coefficient (Wildman–Crippen LogP) is 5.24. The zero-order valence-electron chi connectivity index (χ0n) is 13.5. The van der Waals surface area contributed by atoms with Crippen LogP contribution in [0.5, 0.6) is 0 Å². The zero-order valence-corrected chi connectivity index (χ0v) is 13.5. The summed E-state index contributed by atoms with van der Waals surface area (Å²) >= 11 is 0. The monoisotopic (exact) mass is 286 g/mol. The van der Waals surface area contributed by atoms with Gasteiger partial charge < -0.3 is 10.3 Å². The number of hydrogen-bond donors (Lipinski definition) is 1. The molecular weight excluding hydrogens is 256 g/mol. The van der Waals surface area contributed by atoms with E-state index in [1.165, 1.54) is 67.8 Å². The SMILES string of the molecule is CCCCCCCCCCn1cc(CN)c2ccccc21. The highest BCUT2D eigenvalue weighted by atomic mass is 15.0. The standard InChI is InChI=1S/C19H30N2/c1-2-3-4-5-6-7-8-11-14-21-16-17(15-20)18-12-9-10-13-19(18)21/h9-10,12-13,16H,2-8,11,14-15,20H2,1H3. The van der Waals surface area contributed by atoms with Crippen LogP contribution in [0.2, 0.25) is 0 Å². The van der Waals surface area contributed by atoms with E-state index in [-0.39, 0.29) is 0 Å². The number of fused-ring (bicyclic) bond motifs is 1. The molecule has 116 valence electrons. The number of hydrogen-bond acceptors (Lipinski definition) is 1. The molecular formula is C19H30N2. The summed E-state index contributed by atoms with van der Waals surface area (Å²) in [5, 5.41) is 1.32. The highest BCUT2D eigenvalue weighted by molar-refractivity contribution is 5.83. The predicted molar refractivity (Wildman–Crippen MR) is 92.4 cm³/mol. The van der Waals surface area contributed by atoms with E-state index in [1.807, 2.05) is 0 Å². The fraction of sp³-hybridized carbons (Fsp3) is 0.579. The Balaban J connectivity index is 1.76. The van der Waals surface area contributed by atoms with Gasteiger partial charge in [-0.2, -0.15) is 0 Å². The summed E-state index contributed by atoms with van der Waals surface area (Å²) in [7, 11) is 0. The summed E-state index contributed by atoms with van der Waals surface area (Å²) in [6.45, 7) is 4.03. The number of para-hydroxylation sites is 1. The van der Waals surface area contributed by atoms with Crippen molar-refractivity contribution in [3.63, 3.8) is 0 Å². The maximum absolute atomic E-state index is 5.85. The minimum absolute atomic E-state index is 0.630. The minimum Gasteiger partial charge on any atom is -0.347 e. The Morgan fingerprint density at radius 3 is 2.29 bits per heavy atom. The van der Waals surface area contributed by atoms with E-state index in [2.05, 4.69) is 42.0 Å². The lowest BCUT2D eigenvalue weighted by molar-refractivity contribution is 0.549. The van der Waals surface area contributed by atoms with E-state index in [1.54, 1.807) is 0 Å². The van der Waals surface area contributed by atoms with Crippen LogP contribution in [0.4, 0.5) is 0 Å². The van der Waals surface area contributed by atoms with Crippen molar-refractivity contribution in [1.29, 1.82) is 0 Å². The number of benzene rings is 1. The van der Waals surface area contributed by atoms with Crippen molar-refractivity contribution in [1.82, 2.24) is 4.57 Å². The Kier molecular flexibility index (Phi) is 6.81. The molecule has 1 heterocycles. The van der Waals surface area contributed by atoms with Crippen molar-refractivity contribution >= 4 is 10.9 Å². The van der Waals surface area contributed by atoms with Crippen LogP contribution in [0, 0.1) is 0 Å². The summed E-state index contributed by atoms with van der Waals surface area (Å²) in [6.07, 6.45) is 13.2. The van der Waals surface area contributed by atoms with E-state index in [0.717, 1.165) is 6.54 Å². The Hall–Kier alpha value is -1.28. The molecule has 0 aliphatic heterocycles. The molecule has 21 heavy (non-hydrogen) atoms. The molecule has 0 unspecified atom stereocenters. The summed E-state index contributed by atoms with van der Waals surface area (Å²) in [5.41, 5.74) is 8.45. The van der Waals surface area contributed by atoms with Crippen LogP contribution in [0.1, 0.15) is 63.9 Å². The molecule has 1 aromatic carbocycles. The summed E-state index contributed by atoms with van der Waals surface area (Å²) in [5.74, 6) is 0. The van der Waals surface area contributed by atoms with Gasteiger partial charge in [-0.3, -0.25) is 0 Å². The lowest BCUT2D eigenvalue weighted by Gasteiger charge is -2.05. The van der Waals surface area contributed by atoms with Crippen molar-refractivity contribution < 1.29 is 0 Å². The third-order valence-electron chi connectivity index (χ3n) is 4.34. The van der Waals surface area contributed by atoms with Crippen LogP contribution in [0.3, 0.4) is 0 Å². The molecule has 1 aromatic heterocycles. The first kappa shape index (κ1) is 16.1. The topological polar surface area (TPSA) is 30.9 Å². The number of aromatic nitrogens is 1. The minimum atomic E-state index is 0.630. The van der Waals surface area contributed by atoms with E-state index in [9.17, 15) is 0 Å². The van der Waals surface area contributed by atoms with Gasteiger partial charge in [0.1, 0.15) is 0 Å². The van der Waals surface area contributed by atoms with Crippen LogP contribution < -0.4 is 5.73 Å². The highest BCUT2D eigenvalue weighted by Crippen LogP contribution is 2.21. The highest BCUT2D eigenvalue weighted by Gasteiger charge is 2.05. The van der Waals surface area contributed by atoms with Gasteiger partial charge in [0.25, 0.3) is 0 Å². The number of aryl methyl sites for hydroxylation is 1. The first-order chi connectivity index (χ1) is 10.4. The zero-order chi connectivity index (χ0) is 14.9. The third-order valence-corrected chi connectivity index (χ3v) is 4.34. The van der Waals surface area contributed by atoms with Gasteiger partial charge in [-0.15, -0.1) is 0 Å². The van der Waals surface area contributed by atoms with Gasteiger partial charge >= 0.3 is 0 Å². The van der Waals surface area contributed by atoms with E-state index in [0.29, 0.717) is 6.54 Å². The molecule has 0 bridgehead atoms. The average Bonchev–Trinajstić information content (AvgIpc) is 2.88. The van der Waals surface area contributed by atoms with Crippen molar-refractivity contribution in [2.24, 2.45) is 5.73 Å². The van der Waals surface area contributed by atoms with E-state index >= 15 is 0 Å². The van der Waals surface area contributed by atoms with Gasteiger partial charge in [0.15, 0.2) is 0 Å². The van der Waals surface area contributed by atoms with Gasteiger partial charge in [-0.1, -0.05) is 70.1 Å². The van der Waals surface area contributed by atoms with Gasteiger partial charge in [-0.05, 0) is 18.1 Å². The average molecular weight is 286 g/mol. The second-order valence-electron chi connectivity index (χ2n) is 6.04. The Morgan fingerprint density at radius 1 is 0.905 bits per heavy atom. The lowest BCUT2D eigenvalue weighted by Crippen LogP contribution is -1.97. The Bertz CT molecular complexity index is 527. The summed E-state index contributed by atoms with van der Waals surface area (Å²) < 4.78 is 2.38. The molecule has 2 N–H and O–H groups in total. The van der Waals surface area contributed by atoms with Crippen LogP contribution in [0.15, 0.2) is 30.5 Å². The van der Waals surface area contributed by atoms with Gasteiger partial charge in [0, 0.05) is 30.2 Å². The van der Waals surface area contributed by atoms with Crippen molar-refractivity contribution in [2.75, 3.05) is 0 Å². The van der Waals surface area contributed by atoms with Gasteiger partial charge in [0.05, 0.1) is 0 Å². The number of rotatable bonds is 10. The Morgan fingerprint density at radius 2 is 1.57 bits per heavy atom. The molecule has 0 saturated heterocycles. The number of unbranched alkanes of at least 4 members (excludes halogenated alkanes) is 7. The molecule has 0 fully saturated rings. The smallest absolute Gasteiger partial charge is 0.0483 e. The second kappa shape index (κ2) is 8.89. The first-order valence-electron chi connectivity index (χ1n) is 8.63. The molecule has 2 heteroatoms. The third kappa shape index (κ3) is 4.60. The molecule has 0 saturated carbocycles. The van der Waals surface area contributed by atoms with Crippen LogP contribution in [0.25, 0.3) is 10.9 Å². The van der Waals surface area contributed by atoms with Gasteiger partial charge in [0.2, 0.25) is 0 Å². The fourth-order valence-corrected chi connectivity index (χ4v) is 3.09. The Labute approximate surface area is 129 Å². The fourth-order valence-electron chi connectivity index (χ4n) is 3.09. The van der Waals surface area contributed by atoms with Gasteiger partial charge in [-0.25, -0.2) is 0 Å². The molecule has 0 spiro atoms.